The van der Waals surface area contributed by atoms with Gasteiger partial charge in [0.15, 0.2) is 0 Å². The highest BCUT2D eigenvalue weighted by atomic mass is 35.5. The lowest BCUT2D eigenvalue weighted by atomic mass is 10.0. The highest BCUT2D eigenvalue weighted by Gasteiger charge is 2.38. The molecule has 7 heterocycles. The number of aromatic nitrogens is 5. The fourth-order valence-electron chi connectivity index (χ4n) is 9.06. The third kappa shape index (κ3) is 7.56. The second-order valence-electron chi connectivity index (χ2n) is 16.9. The molecule has 3 aliphatic rings. The Morgan fingerprint density at radius 2 is 1.62 bits per heavy atom. The van der Waals surface area contributed by atoms with Gasteiger partial charge in [-0.25, -0.2) is 19.2 Å². The number of nitrogens with zero attached hydrogens (tertiary/aromatic N) is 5. The van der Waals surface area contributed by atoms with Crippen LogP contribution in [0.3, 0.4) is 0 Å². The maximum absolute atomic E-state index is 16.7. The minimum Gasteiger partial charge on any atom is -0.464 e. The van der Waals surface area contributed by atoms with Crippen LogP contribution in [0.5, 0.6) is 5.75 Å². The van der Waals surface area contributed by atoms with Gasteiger partial charge in [-0.05, 0) is 80.0 Å². The summed E-state index contributed by atoms with van der Waals surface area (Å²) in [7, 11) is 1.27. The molecule has 2 aromatic carbocycles. The number of hydrogen-bond acceptors (Lipinski definition) is 8. The van der Waals surface area contributed by atoms with Gasteiger partial charge in [0.1, 0.15) is 29.3 Å². The number of benzene rings is 2. The van der Waals surface area contributed by atoms with Crippen molar-refractivity contribution in [1.82, 2.24) is 39.6 Å². The zero-order chi connectivity index (χ0) is 42.7. The van der Waals surface area contributed by atoms with Crippen LogP contribution in [0.2, 0.25) is 4.34 Å². The van der Waals surface area contributed by atoms with Gasteiger partial charge in [0, 0.05) is 36.0 Å². The maximum Gasteiger partial charge on any atom is 0.407 e. The lowest BCUT2D eigenvalue weighted by Crippen LogP contribution is -2.51. The molecule has 0 bridgehead atoms. The first-order chi connectivity index (χ1) is 29.4. The predicted octanol–water partition coefficient (Wildman–Crippen LogP) is 9.64. The molecule has 61 heavy (non-hydrogen) atoms. The van der Waals surface area contributed by atoms with Gasteiger partial charge < -0.3 is 34.6 Å². The molecule has 3 aliphatic heterocycles. The number of imidazole rings is 2. The Labute approximate surface area is 361 Å². The summed E-state index contributed by atoms with van der Waals surface area (Å²) >= 11 is 7.87. The van der Waals surface area contributed by atoms with Crippen LogP contribution in [-0.2, 0) is 14.3 Å². The number of carbonyl (C=O) groups is 3. The maximum atomic E-state index is 16.7. The van der Waals surface area contributed by atoms with Gasteiger partial charge in [0.2, 0.25) is 18.0 Å². The number of H-pyrrole nitrogens is 2. The number of amides is 3. The minimum absolute atomic E-state index is 0.0836. The monoisotopic (exact) mass is 866 g/mol. The lowest BCUT2D eigenvalue weighted by Gasteiger charge is -2.30. The molecule has 4 unspecified atom stereocenters. The third-order valence-corrected chi connectivity index (χ3v) is 13.2. The Balaban J connectivity index is 1.04. The summed E-state index contributed by atoms with van der Waals surface area (Å²) in [5.41, 5.74) is 4.71. The zero-order valence-electron chi connectivity index (χ0n) is 34.6. The molecular formula is C45H48ClFN8O5S. The summed E-state index contributed by atoms with van der Waals surface area (Å²) in [6.07, 6.45) is 5.94. The normalized spacial score (nSPS) is 19.1. The molecule has 2 fully saturated rings. The molecular weight excluding hydrogens is 819 g/mol. The van der Waals surface area contributed by atoms with Crippen molar-refractivity contribution in [3.63, 3.8) is 0 Å². The van der Waals surface area contributed by atoms with Crippen LogP contribution in [-0.4, -0.2) is 78.5 Å². The molecule has 3 amide bonds. The summed E-state index contributed by atoms with van der Waals surface area (Å²) < 4.78 is 30.8. The number of carbonyl (C=O) groups excluding carboxylic acids is 3. The quantitative estimate of drug-likeness (QED) is 0.124. The van der Waals surface area contributed by atoms with E-state index in [9.17, 15) is 14.4 Å². The number of ether oxygens (including phenoxy) is 2. The average molecular weight is 867 g/mol. The van der Waals surface area contributed by atoms with Crippen LogP contribution in [0.1, 0.15) is 94.6 Å². The molecule has 13 nitrogen and oxygen atoms in total. The molecule has 2 saturated heterocycles. The summed E-state index contributed by atoms with van der Waals surface area (Å²) in [6.45, 7) is 9.11. The van der Waals surface area contributed by atoms with Crippen molar-refractivity contribution in [1.29, 1.82) is 0 Å². The van der Waals surface area contributed by atoms with Crippen LogP contribution in [0.15, 0.2) is 60.9 Å². The molecule has 0 spiro atoms. The number of fused-ring (bicyclic) bond motifs is 5. The Morgan fingerprint density at radius 1 is 0.934 bits per heavy atom. The van der Waals surface area contributed by atoms with E-state index in [4.69, 9.17) is 26.1 Å². The van der Waals surface area contributed by atoms with Gasteiger partial charge in [0.05, 0.1) is 69.0 Å². The summed E-state index contributed by atoms with van der Waals surface area (Å²) in [6, 6.07) is 14.0. The Kier molecular flexibility index (Phi) is 10.9. The van der Waals surface area contributed by atoms with Crippen LogP contribution in [0.25, 0.3) is 44.7 Å². The van der Waals surface area contributed by atoms with Gasteiger partial charge in [-0.1, -0.05) is 45.4 Å². The van der Waals surface area contributed by atoms with Gasteiger partial charge >= 0.3 is 6.09 Å². The van der Waals surface area contributed by atoms with E-state index in [-0.39, 0.29) is 35.7 Å². The molecule has 318 valence electrons. The third-order valence-electron chi connectivity index (χ3n) is 12.0. The SMILES string of the molecule is COC(=O)NC(C(=O)N1CCCC1c1ncc(-c2cc(F)c3c(c2)OC(c2ccc(Cl)s2)n2c-3cc3cc(-c4cnc(C5CCCN5C(=O)CC(C)C)[nH]4)ccc32)[nH]1)C(C)C. The molecule has 0 aliphatic carbocycles. The molecule has 4 atom stereocenters. The molecule has 0 radical (unpaired) electrons. The van der Waals surface area contributed by atoms with E-state index in [0.29, 0.717) is 57.8 Å². The first-order valence-electron chi connectivity index (χ1n) is 20.8. The highest BCUT2D eigenvalue weighted by molar-refractivity contribution is 7.16. The van der Waals surface area contributed by atoms with Crippen LogP contribution in [0, 0.1) is 17.7 Å². The van der Waals surface area contributed by atoms with E-state index in [1.807, 2.05) is 65.9 Å². The van der Waals surface area contributed by atoms with E-state index >= 15 is 4.39 Å². The Bertz CT molecular complexity index is 2650. The first kappa shape index (κ1) is 40.7. The van der Waals surface area contributed by atoms with Crippen molar-refractivity contribution in [3.8, 4) is 39.5 Å². The largest absolute Gasteiger partial charge is 0.464 e. The molecule has 6 aromatic rings. The number of hydrogen-bond donors (Lipinski definition) is 3. The summed E-state index contributed by atoms with van der Waals surface area (Å²) in [4.78, 5) is 59.7. The van der Waals surface area contributed by atoms with Crippen molar-refractivity contribution in [2.75, 3.05) is 20.2 Å². The second-order valence-corrected chi connectivity index (χ2v) is 18.6. The van der Waals surface area contributed by atoms with Crippen LogP contribution in [0.4, 0.5) is 9.18 Å². The van der Waals surface area contributed by atoms with E-state index in [2.05, 4.69) is 40.2 Å². The Morgan fingerprint density at radius 3 is 2.28 bits per heavy atom. The van der Waals surface area contributed by atoms with Crippen LogP contribution < -0.4 is 10.1 Å². The molecule has 16 heteroatoms. The van der Waals surface area contributed by atoms with Crippen molar-refractivity contribution in [2.24, 2.45) is 11.8 Å². The molecule has 9 rings (SSSR count). The number of rotatable bonds is 10. The second kappa shape index (κ2) is 16.3. The van der Waals surface area contributed by atoms with Crippen molar-refractivity contribution < 1.29 is 28.2 Å². The van der Waals surface area contributed by atoms with Gasteiger partial charge in [-0.15, -0.1) is 11.3 Å². The standard InChI is InChI=1S/C45H48ClFN8O5S/c1-23(2)16-38(56)53-14-6-8-32(53)41-48-21-29(50-41)25-10-11-31-27(17-25)19-34-39-28(47)18-26(20-35(39)60-44(55(31)34)36-12-13-37(46)61-36)30-22-49-42(51-30)33-9-7-15-54(33)43(57)40(24(3)4)52-45(58)59-5/h10-13,17-24,32-33,40,44H,6-9,14-16H2,1-5H3,(H,48,50)(H,49,51)(H,52,58). The number of alkyl carbamates (subject to hydrolysis) is 1. The Hall–Kier alpha value is -5.67. The fourth-order valence-corrected chi connectivity index (χ4v) is 10.1. The number of aromatic amines is 2. The van der Waals surface area contributed by atoms with Crippen LogP contribution >= 0.6 is 22.9 Å². The van der Waals surface area contributed by atoms with Crippen molar-refractivity contribution in [2.45, 2.75) is 84.2 Å². The lowest BCUT2D eigenvalue weighted by molar-refractivity contribution is -0.135. The number of nitrogens with one attached hydrogen (secondary N) is 3. The van der Waals surface area contributed by atoms with Gasteiger partial charge in [-0.3, -0.25) is 14.2 Å². The predicted molar refractivity (Wildman–Crippen MR) is 232 cm³/mol. The van der Waals surface area contributed by atoms with E-state index in [0.717, 1.165) is 58.7 Å². The van der Waals surface area contributed by atoms with E-state index < -0.39 is 24.2 Å². The average Bonchev–Trinajstić information content (AvgIpc) is 4.08. The van der Waals surface area contributed by atoms with E-state index in [1.54, 1.807) is 11.1 Å². The molecule has 0 saturated carbocycles. The zero-order valence-corrected chi connectivity index (χ0v) is 36.2. The van der Waals surface area contributed by atoms with E-state index in [1.165, 1.54) is 24.5 Å². The molecule has 3 N–H and O–H groups in total. The van der Waals surface area contributed by atoms with Crippen molar-refractivity contribution in [3.05, 3.63) is 87.6 Å². The number of thiophene rings is 1. The number of likely N-dealkylation sites (tertiary alicyclic amines) is 2. The summed E-state index contributed by atoms with van der Waals surface area (Å²) in [5, 5.41) is 3.57. The van der Waals surface area contributed by atoms with Gasteiger partial charge in [0.25, 0.3) is 0 Å². The van der Waals surface area contributed by atoms with Gasteiger partial charge in [-0.2, -0.15) is 0 Å². The highest BCUT2D eigenvalue weighted by Crippen LogP contribution is 2.48. The topological polar surface area (TPSA) is 150 Å². The first-order valence-corrected chi connectivity index (χ1v) is 22.0. The minimum atomic E-state index is -0.763. The smallest absolute Gasteiger partial charge is 0.407 e. The molecule has 4 aromatic heterocycles. The number of methoxy groups -OCH3 is 1. The fraction of sp³-hybridized carbons (Fsp3) is 0.400. The number of halogens is 2. The summed E-state index contributed by atoms with van der Waals surface area (Å²) in [5.74, 6) is 1.32. The van der Waals surface area contributed by atoms with Crippen molar-refractivity contribution >= 4 is 51.7 Å².